The van der Waals surface area contributed by atoms with Crippen molar-refractivity contribution in [3.05, 3.63) is 52.4 Å². The number of nitrogens with zero attached hydrogens (tertiary/aromatic N) is 2. The smallest absolute Gasteiger partial charge is 0.191 e. The van der Waals surface area contributed by atoms with E-state index in [0.29, 0.717) is 18.1 Å². The van der Waals surface area contributed by atoms with Gasteiger partial charge < -0.3 is 15.2 Å². The Morgan fingerprint density at radius 3 is 2.46 bits per heavy atom. The molecule has 0 aliphatic heterocycles. The fourth-order valence-corrected chi connectivity index (χ4v) is 2.81. The molecule has 1 heterocycles. The summed E-state index contributed by atoms with van der Waals surface area (Å²) in [5.74, 6) is -0.142. The van der Waals surface area contributed by atoms with Crippen LogP contribution in [0, 0.1) is 25.5 Å². The van der Waals surface area contributed by atoms with Gasteiger partial charge in [0.25, 0.3) is 0 Å². The van der Waals surface area contributed by atoms with E-state index >= 15 is 0 Å². The maximum absolute atomic E-state index is 13.4. The summed E-state index contributed by atoms with van der Waals surface area (Å²) in [6.07, 6.45) is 0. The van der Waals surface area contributed by atoms with E-state index in [9.17, 15) is 8.78 Å². The van der Waals surface area contributed by atoms with Gasteiger partial charge in [-0.05, 0) is 38.5 Å². The number of aromatic nitrogens is 1. The Morgan fingerprint density at radius 2 is 1.92 bits per heavy atom. The highest BCUT2D eigenvalue weighted by atomic mass is 127. The van der Waals surface area contributed by atoms with Crippen LogP contribution in [0.15, 0.2) is 27.7 Å². The molecule has 0 spiro atoms. The standard InChI is InChI=1S/C18H24F2N4O.HI/c1-10(17-12(3)24-25-13(17)4)9-22-18(21-5)23-11(2)14-6-7-15(19)16(20)8-14;/h6-8,10-11H,9H2,1-5H3,(H2,21,22,23);1H. The molecule has 0 saturated heterocycles. The second-order valence-corrected chi connectivity index (χ2v) is 6.13. The molecule has 0 amide bonds. The van der Waals surface area contributed by atoms with Crippen LogP contribution in [0.3, 0.4) is 0 Å². The van der Waals surface area contributed by atoms with Crippen molar-refractivity contribution in [2.75, 3.05) is 13.6 Å². The third kappa shape index (κ3) is 5.39. The number of aliphatic imine (C=N–C) groups is 1. The minimum Gasteiger partial charge on any atom is -0.361 e. The van der Waals surface area contributed by atoms with Crippen LogP contribution in [-0.2, 0) is 0 Å². The van der Waals surface area contributed by atoms with Gasteiger partial charge in [0, 0.05) is 25.1 Å². The fraction of sp³-hybridized carbons (Fsp3) is 0.444. The van der Waals surface area contributed by atoms with Crippen LogP contribution in [0.4, 0.5) is 8.78 Å². The van der Waals surface area contributed by atoms with Crippen LogP contribution in [0.5, 0.6) is 0 Å². The molecule has 2 atom stereocenters. The molecular formula is C18H25F2IN4O. The van der Waals surface area contributed by atoms with Gasteiger partial charge in [0.15, 0.2) is 17.6 Å². The molecule has 0 aliphatic rings. The molecule has 0 saturated carbocycles. The molecule has 0 fully saturated rings. The topological polar surface area (TPSA) is 62.5 Å². The third-order valence-corrected chi connectivity index (χ3v) is 4.18. The number of nitrogens with one attached hydrogen (secondary N) is 2. The van der Waals surface area contributed by atoms with Crippen molar-refractivity contribution in [3.63, 3.8) is 0 Å². The van der Waals surface area contributed by atoms with Crippen molar-refractivity contribution < 1.29 is 13.3 Å². The fourth-order valence-electron chi connectivity index (χ4n) is 2.81. The summed E-state index contributed by atoms with van der Waals surface area (Å²) in [4.78, 5) is 4.18. The first-order valence-corrected chi connectivity index (χ1v) is 8.18. The van der Waals surface area contributed by atoms with E-state index in [0.717, 1.165) is 23.1 Å². The summed E-state index contributed by atoms with van der Waals surface area (Å²) >= 11 is 0. The number of guanidine groups is 1. The summed E-state index contributed by atoms with van der Waals surface area (Å²) in [6.45, 7) is 8.38. The van der Waals surface area contributed by atoms with E-state index in [1.54, 1.807) is 13.1 Å². The van der Waals surface area contributed by atoms with Crippen LogP contribution in [0.2, 0.25) is 0 Å². The van der Waals surface area contributed by atoms with Crippen molar-refractivity contribution in [1.82, 2.24) is 15.8 Å². The maximum Gasteiger partial charge on any atom is 0.191 e. The van der Waals surface area contributed by atoms with Gasteiger partial charge >= 0.3 is 0 Å². The Bertz CT molecular complexity index is 744. The van der Waals surface area contributed by atoms with Crippen LogP contribution in [0.25, 0.3) is 0 Å². The van der Waals surface area contributed by atoms with Crippen molar-refractivity contribution in [2.45, 2.75) is 39.7 Å². The van der Waals surface area contributed by atoms with Gasteiger partial charge in [-0.3, -0.25) is 4.99 Å². The van der Waals surface area contributed by atoms with Gasteiger partial charge in [-0.25, -0.2) is 8.78 Å². The number of halogens is 3. The minimum atomic E-state index is -0.860. The zero-order valence-electron chi connectivity index (χ0n) is 15.6. The average molecular weight is 478 g/mol. The maximum atomic E-state index is 13.4. The Morgan fingerprint density at radius 1 is 1.23 bits per heavy atom. The van der Waals surface area contributed by atoms with E-state index in [1.165, 1.54) is 6.07 Å². The highest BCUT2D eigenvalue weighted by Crippen LogP contribution is 2.22. The predicted octanol–water partition coefficient (Wildman–Crippen LogP) is 4.22. The van der Waals surface area contributed by atoms with Gasteiger partial charge in [0.1, 0.15) is 5.76 Å². The van der Waals surface area contributed by atoms with Crippen LogP contribution < -0.4 is 10.6 Å². The molecule has 2 aromatic rings. The Hall–Kier alpha value is -1.71. The first-order valence-electron chi connectivity index (χ1n) is 8.18. The number of benzene rings is 1. The summed E-state index contributed by atoms with van der Waals surface area (Å²) in [7, 11) is 1.66. The average Bonchev–Trinajstić information content (AvgIpc) is 2.92. The quantitative estimate of drug-likeness (QED) is 0.384. The van der Waals surface area contributed by atoms with E-state index in [4.69, 9.17) is 4.52 Å². The summed E-state index contributed by atoms with van der Waals surface area (Å²) in [5, 5.41) is 10.4. The lowest BCUT2D eigenvalue weighted by molar-refractivity contribution is 0.391. The second kappa shape index (κ2) is 9.84. The van der Waals surface area contributed by atoms with Crippen LogP contribution >= 0.6 is 24.0 Å². The molecule has 2 N–H and O–H groups in total. The van der Waals surface area contributed by atoms with Gasteiger partial charge in [0.05, 0.1) is 11.7 Å². The van der Waals surface area contributed by atoms with Gasteiger partial charge in [-0.1, -0.05) is 18.1 Å². The molecule has 26 heavy (non-hydrogen) atoms. The molecule has 8 heteroatoms. The Balaban J connectivity index is 0.00000338. The van der Waals surface area contributed by atoms with Crippen molar-refractivity contribution in [1.29, 1.82) is 0 Å². The summed E-state index contributed by atoms with van der Waals surface area (Å²) in [5.41, 5.74) is 2.60. The van der Waals surface area contributed by atoms with Gasteiger partial charge in [-0.15, -0.1) is 24.0 Å². The molecule has 0 radical (unpaired) electrons. The Labute approximate surface area is 169 Å². The largest absolute Gasteiger partial charge is 0.361 e. The van der Waals surface area contributed by atoms with Crippen molar-refractivity contribution in [2.24, 2.45) is 4.99 Å². The molecule has 2 rings (SSSR count). The highest BCUT2D eigenvalue weighted by molar-refractivity contribution is 14.0. The zero-order valence-corrected chi connectivity index (χ0v) is 17.9. The lowest BCUT2D eigenvalue weighted by atomic mass is 10.00. The molecule has 1 aromatic heterocycles. The first kappa shape index (κ1) is 22.3. The molecule has 5 nitrogen and oxygen atoms in total. The monoisotopic (exact) mass is 478 g/mol. The number of aryl methyl sites for hydroxylation is 2. The number of hydrogen-bond donors (Lipinski definition) is 2. The number of hydrogen-bond acceptors (Lipinski definition) is 3. The molecule has 2 unspecified atom stereocenters. The lowest BCUT2D eigenvalue weighted by Gasteiger charge is -2.20. The van der Waals surface area contributed by atoms with Crippen LogP contribution in [0.1, 0.15) is 48.4 Å². The van der Waals surface area contributed by atoms with Crippen LogP contribution in [-0.4, -0.2) is 24.7 Å². The summed E-state index contributed by atoms with van der Waals surface area (Å²) < 4.78 is 31.6. The predicted molar refractivity (Wildman–Crippen MR) is 109 cm³/mol. The first-order chi connectivity index (χ1) is 11.8. The molecule has 144 valence electrons. The van der Waals surface area contributed by atoms with Gasteiger partial charge in [-0.2, -0.15) is 0 Å². The summed E-state index contributed by atoms with van der Waals surface area (Å²) in [6, 6.07) is 3.64. The zero-order chi connectivity index (χ0) is 18.6. The molecule has 0 aliphatic carbocycles. The number of rotatable bonds is 5. The Kier molecular flexibility index (Phi) is 8.45. The van der Waals surface area contributed by atoms with E-state index in [1.807, 2.05) is 20.8 Å². The van der Waals surface area contributed by atoms with Crippen molar-refractivity contribution in [3.8, 4) is 0 Å². The second-order valence-electron chi connectivity index (χ2n) is 6.13. The third-order valence-electron chi connectivity index (χ3n) is 4.18. The molecule has 0 bridgehead atoms. The lowest BCUT2D eigenvalue weighted by Crippen LogP contribution is -2.40. The van der Waals surface area contributed by atoms with Gasteiger partial charge in [0.2, 0.25) is 0 Å². The highest BCUT2D eigenvalue weighted by Gasteiger charge is 2.17. The van der Waals surface area contributed by atoms with E-state index < -0.39 is 11.6 Å². The van der Waals surface area contributed by atoms with Crippen molar-refractivity contribution >= 4 is 29.9 Å². The molecule has 1 aromatic carbocycles. The normalized spacial score (nSPS) is 13.7. The minimum absolute atomic E-state index is 0. The van der Waals surface area contributed by atoms with E-state index in [2.05, 4.69) is 27.7 Å². The van der Waals surface area contributed by atoms with E-state index in [-0.39, 0.29) is 35.9 Å². The molecular weight excluding hydrogens is 453 g/mol. The SMILES string of the molecule is CN=C(NCC(C)c1c(C)noc1C)NC(C)c1ccc(F)c(F)c1.I.